The molecule has 0 bridgehead atoms. The van der Waals surface area contributed by atoms with Crippen molar-refractivity contribution in [3.63, 3.8) is 0 Å². The highest BCUT2D eigenvalue weighted by Crippen LogP contribution is 2.26. The Balaban J connectivity index is 1.70. The summed E-state index contributed by atoms with van der Waals surface area (Å²) in [5.74, 6) is 0.427. The minimum Gasteiger partial charge on any atom is -0.353 e. The molecule has 0 unspecified atom stereocenters. The quantitative estimate of drug-likeness (QED) is 0.650. The van der Waals surface area contributed by atoms with Crippen molar-refractivity contribution in [3.05, 3.63) is 40.7 Å². The van der Waals surface area contributed by atoms with Gasteiger partial charge in [-0.1, -0.05) is 43.9 Å². The molecule has 3 rings (SSSR count). The van der Waals surface area contributed by atoms with Gasteiger partial charge in [-0.2, -0.15) is 0 Å². The van der Waals surface area contributed by atoms with Crippen molar-refractivity contribution < 1.29 is 4.79 Å². The fourth-order valence-electron chi connectivity index (χ4n) is 3.59. The number of nitrogens with zero attached hydrogens (tertiary/aromatic N) is 1. The molecule has 1 amide bonds. The number of nitrogens with one attached hydrogen (secondary N) is 1. The number of fused-ring (bicyclic) bond motifs is 1. The van der Waals surface area contributed by atoms with Crippen molar-refractivity contribution >= 4 is 28.6 Å². The van der Waals surface area contributed by atoms with Gasteiger partial charge in [0.1, 0.15) is 0 Å². The number of thioether (sulfide) groups is 1. The zero-order chi connectivity index (χ0) is 17.6. The number of carbonyl (C=O) groups is 1. The number of pyridine rings is 1. The molecule has 1 saturated carbocycles. The van der Waals surface area contributed by atoms with Crippen LogP contribution in [0.3, 0.4) is 0 Å². The number of hydrogen-bond acceptors (Lipinski definition) is 3. The molecule has 5 heteroatoms. The van der Waals surface area contributed by atoms with E-state index in [1.807, 2.05) is 31.2 Å². The van der Waals surface area contributed by atoms with E-state index in [9.17, 15) is 9.59 Å². The molecule has 1 aromatic carbocycles. The molecule has 2 aromatic rings. The van der Waals surface area contributed by atoms with Gasteiger partial charge in [0, 0.05) is 28.9 Å². The summed E-state index contributed by atoms with van der Waals surface area (Å²) >= 11 is 1.46. The van der Waals surface area contributed by atoms with Gasteiger partial charge in [-0.3, -0.25) is 9.59 Å². The molecule has 4 nitrogen and oxygen atoms in total. The second-order valence-electron chi connectivity index (χ2n) is 6.65. The Bertz CT molecular complexity index is 792. The summed E-state index contributed by atoms with van der Waals surface area (Å²) in [4.78, 5) is 25.5. The van der Waals surface area contributed by atoms with Crippen LogP contribution >= 0.6 is 11.8 Å². The monoisotopic (exact) mass is 358 g/mol. The van der Waals surface area contributed by atoms with E-state index < -0.39 is 0 Å². The summed E-state index contributed by atoms with van der Waals surface area (Å²) in [5.41, 5.74) is 0.928. The second kappa shape index (κ2) is 8.56. The van der Waals surface area contributed by atoms with Crippen LogP contribution in [0.15, 0.2) is 40.0 Å². The number of hydrogen-bond donors (Lipinski definition) is 1. The topological polar surface area (TPSA) is 51.1 Å². The highest BCUT2D eigenvalue weighted by Gasteiger charge is 2.15. The molecule has 0 saturated heterocycles. The highest BCUT2D eigenvalue weighted by molar-refractivity contribution is 8.00. The normalized spacial score (nSPS) is 15.9. The van der Waals surface area contributed by atoms with Gasteiger partial charge in [0.15, 0.2) is 0 Å². The van der Waals surface area contributed by atoms with Crippen LogP contribution in [-0.4, -0.2) is 22.3 Å². The first kappa shape index (κ1) is 18.1. The number of aryl methyl sites for hydroxylation is 1. The third-order valence-electron chi connectivity index (χ3n) is 4.88. The summed E-state index contributed by atoms with van der Waals surface area (Å²) < 4.78 is 1.77. The second-order valence-corrected chi connectivity index (χ2v) is 7.67. The van der Waals surface area contributed by atoms with E-state index in [1.165, 1.54) is 37.4 Å². The number of para-hydroxylation sites is 1. The van der Waals surface area contributed by atoms with Gasteiger partial charge in [0.2, 0.25) is 5.91 Å². The number of rotatable bonds is 5. The smallest absolute Gasteiger partial charge is 0.252 e. The molecule has 0 aliphatic heterocycles. The molecular weight excluding hydrogens is 332 g/mol. The molecule has 0 atom stereocenters. The Kier molecular flexibility index (Phi) is 6.19. The lowest BCUT2D eigenvalue weighted by Gasteiger charge is -2.16. The van der Waals surface area contributed by atoms with Crippen LogP contribution in [0.4, 0.5) is 0 Å². The average Bonchev–Trinajstić information content (AvgIpc) is 2.88. The largest absolute Gasteiger partial charge is 0.353 e. The van der Waals surface area contributed by atoms with E-state index in [-0.39, 0.29) is 11.5 Å². The average molecular weight is 359 g/mol. The SMILES string of the molecule is CCn1c(=O)cc(SCC(=O)NC2CCCCCC2)c2ccccc21. The number of amides is 1. The van der Waals surface area contributed by atoms with Crippen LogP contribution in [0, 0.1) is 0 Å². The van der Waals surface area contributed by atoms with Gasteiger partial charge >= 0.3 is 0 Å². The summed E-state index contributed by atoms with van der Waals surface area (Å²) in [5, 5.41) is 4.21. The van der Waals surface area contributed by atoms with Crippen LogP contribution in [0.2, 0.25) is 0 Å². The fraction of sp³-hybridized carbons (Fsp3) is 0.500. The molecule has 0 radical (unpaired) electrons. The zero-order valence-electron chi connectivity index (χ0n) is 14.8. The van der Waals surface area contributed by atoms with Crippen molar-refractivity contribution in [2.45, 2.75) is 62.9 Å². The molecular formula is C20H26N2O2S. The minimum absolute atomic E-state index is 0.00660. The van der Waals surface area contributed by atoms with Crippen LogP contribution in [0.1, 0.15) is 45.4 Å². The third-order valence-corrected chi connectivity index (χ3v) is 5.93. The Morgan fingerprint density at radius 3 is 2.64 bits per heavy atom. The lowest BCUT2D eigenvalue weighted by molar-refractivity contribution is -0.119. The first-order valence-corrected chi connectivity index (χ1v) is 10.2. The maximum atomic E-state index is 12.3. The van der Waals surface area contributed by atoms with E-state index in [4.69, 9.17) is 0 Å². The van der Waals surface area contributed by atoms with Gasteiger partial charge in [-0.05, 0) is 25.8 Å². The number of carbonyl (C=O) groups excluding carboxylic acids is 1. The van der Waals surface area contributed by atoms with Crippen LogP contribution in [0.25, 0.3) is 10.9 Å². The third kappa shape index (κ3) is 4.46. The van der Waals surface area contributed by atoms with Crippen LogP contribution in [-0.2, 0) is 11.3 Å². The van der Waals surface area contributed by atoms with Gasteiger partial charge < -0.3 is 9.88 Å². The standard InChI is InChI=1S/C20H26N2O2S/c1-2-22-17-12-8-7-11-16(17)18(13-20(22)24)25-14-19(23)21-15-9-5-3-4-6-10-15/h7-8,11-13,15H,2-6,9-10,14H2,1H3,(H,21,23). The Labute approximate surface area is 153 Å². The first-order valence-electron chi connectivity index (χ1n) is 9.24. The highest BCUT2D eigenvalue weighted by atomic mass is 32.2. The van der Waals surface area contributed by atoms with Crippen molar-refractivity contribution in [1.82, 2.24) is 9.88 Å². The maximum absolute atomic E-state index is 12.3. The summed E-state index contributed by atoms with van der Waals surface area (Å²) in [6.45, 7) is 2.62. The minimum atomic E-state index is -0.00660. The van der Waals surface area contributed by atoms with Crippen LogP contribution < -0.4 is 10.9 Å². The van der Waals surface area contributed by atoms with E-state index in [0.717, 1.165) is 28.6 Å². The van der Waals surface area contributed by atoms with E-state index >= 15 is 0 Å². The maximum Gasteiger partial charge on any atom is 0.252 e. The molecule has 1 aliphatic rings. The molecule has 1 aromatic heterocycles. The van der Waals surface area contributed by atoms with Crippen molar-refractivity contribution in [2.24, 2.45) is 0 Å². The Morgan fingerprint density at radius 2 is 1.92 bits per heavy atom. The summed E-state index contributed by atoms with van der Waals surface area (Å²) in [6, 6.07) is 9.89. The molecule has 1 fully saturated rings. The van der Waals surface area contributed by atoms with Crippen molar-refractivity contribution in [1.29, 1.82) is 0 Å². The Hall–Kier alpha value is -1.75. The predicted molar refractivity (Wildman–Crippen MR) is 104 cm³/mol. The lowest BCUT2D eigenvalue weighted by atomic mass is 10.1. The number of benzene rings is 1. The van der Waals surface area contributed by atoms with Crippen molar-refractivity contribution in [3.8, 4) is 0 Å². The van der Waals surface area contributed by atoms with Gasteiger partial charge in [0.05, 0.1) is 11.3 Å². The predicted octanol–water partition coefficient (Wildman–Crippen LogP) is 3.95. The summed E-state index contributed by atoms with van der Waals surface area (Å²) in [6.07, 6.45) is 7.15. The molecule has 1 heterocycles. The van der Waals surface area contributed by atoms with Gasteiger partial charge in [0.25, 0.3) is 5.56 Å². The first-order chi connectivity index (χ1) is 12.2. The van der Waals surface area contributed by atoms with E-state index in [1.54, 1.807) is 10.6 Å². The van der Waals surface area contributed by atoms with Gasteiger partial charge in [-0.15, -0.1) is 11.8 Å². The van der Waals surface area contributed by atoms with E-state index in [0.29, 0.717) is 18.3 Å². The fourth-order valence-corrected chi connectivity index (χ4v) is 4.47. The molecule has 0 spiro atoms. The zero-order valence-corrected chi connectivity index (χ0v) is 15.6. The summed E-state index contributed by atoms with van der Waals surface area (Å²) in [7, 11) is 0. The van der Waals surface area contributed by atoms with Gasteiger partial charge in [-0.25, -0.2) is 0 Å². The number of aromatic nitrogens is 1. The Morgan fingerprint density at radius 1 is 1.20 bits per heavy atom. The molecule has 134 valence electrons. The molecule has 1 aliphatic carbocycles. The van der Waals surface area contributed by atoms with Crippen LogP contribution in [0.5, 0.6) is 0 Å². The van der Waals surface area contributed by atoms with Crippen molar-refractivity contribution in [2.75, 3.05) is 5.75 Å². The molecule has 25 heavy (non-hydrogen) atoms. The van der Waals surface area contributed by atoms with E-state index in [2.05, 4.69) is 5.32 Å². The lowest BCUT2D eigenvalue weighted by Crippen LogP contribution is -2.35. The molecule has 1 N–H and O–H groups in total.